The summed E-state index contributed by atoms with van der Waals surface area (Å²) in [5, 5.41) is 0. The second-order valence-electron chi connectivity index (χ2n) is 3.27. The Hall–Kier alpha value is -1.38. The molecule has 60 valence electrons. The highest BCUT2D eigenvalue weighted by molar-refractivity contribution is 5.77. The van der Waals surface area contributed by atoms with Gasteiger partial charge >= 0.3 is 0 Å². The maximum Gasteiger partial charge on any atom is 0.110 e. The van der Waals surface area contributed by atoms with E-state index >= 15 is 0 Å². The molecule has 2 aromatic heterocycles. The van der Waals surface area contributed by atoms with E-state index in [0.717, 1.165) is 11.0 Å². The summed E-state index contributed by atoms with van der Waals surface area (Å²) < 4.78 is 0. The Morgan fingerprint density at radius 3 is 3.08 bits per heavy atom. The molecular formula is C9H9N3. The molecule has 0 aromatic carbocycles. The molecule has 0 atom stereocenters. The van der Waals surface area contributed by atoms with Crippen molar-refractivity contribution in [1.82, 2.24) is 15.0 Å². The number of nitrogens with zero attached hydrogens (tertiary/aromatic N) is 2. The summed E-state index contributed by atoms with van der Waals surface area (Å²) in [4.78, 5) is 11.7. The number of hydrogen-bond donors (Lipinski definition) is 1. The molecule has 3 heteroatoms. The molecule has 0 radical (unpaired) electrons. The van der Waals surface area contributed by atoms with Crippen LogP contribution in [0.5, 0.6) is 0 Å². The SMILES string of the molecule is c1cc2[nH]cnc2c(C2CC2)n1. The van der Waals surface area contributed by atoms with Gasteiger partial charge in [0.05, 0.1) is 17.5 Å². The molecular weight excluding hydrogens is 150 g/mol. The van der Waals surface area contributed by atoms with Crippen LogP contribution in [-0.2, 0) is 0 Å². The number of pyridine rings is 1. The minimum Gasteiger partial charge on any atom is -0.344 e. The fourth-order valence-electron chi connectivity index (χ4n) is 1.54. The van der Waals surface area contributed by atoms with Crippen LogP contribution in [0.1, 0.15) is 24.5 Å². The van der Waals surface area contributed by atoms with Crippen molar-refractivity contribution in [3.8, 4) is 0 Å². The van der Waals surface area contributed by atoms with Crippen molar-refractivity contribution in [2.24, 2.45) is 0 Å². The van der Waals surface area contributed by atoms with Crippen molar-refractivity contribution in [2.75, 3.05) is 0 Å². The van der Waals surface area contributed by atoms with Gasteiger partial charge in [-0.1, -0.05) is 0 Å². The van der Waals surface area contributed by atoms with Crippen LogP contribution < -0.4 is 0 Å². The summed E-state index contributed by atoms with van der Waals surface area (Å²) in [6, 6.07) is 1.97. The summed E-state index contributed by atoms with van der Waals surface area (Å²) in [5.41, 5.74) is 3.33. The molecule has 1 fully saturated rings. The zero-order valence-electron chi connectivity index (χ0n) is 6.62. The average Bonchev–Trinajstić information content (AvgIpc) is 2.82. The number of nitrogens with one attached hydrogen (secondary N) is 1. The first-order valence-corrected chi connectivity index (χ1v) is 4.23. The predicted molar refractivity (Wildman–Crippen MR) is 45.9 cm³/mol. The standard InChI is InChI=1S/C9H9N3/c1-2-6(1)8-9-7(3-4-10-8)11-5-12-9/h3-6H,1-2H2,(H,11,12). The Kier molecular flexibility index (Phi) is 1.06. The third-order valence-corrected chi connectivity index (χ3v) is 2.33. The molecule has 0 bridgehead atoms. The molecule has 0 amide bonds. The first-order chi connectivity index (χ1) is 5.95. The van der Waals surface area contributed by atoms with Gasteiger partial charge in [-0.05, 0) is 18.9 Å². The Morgan fingerprint density at radius 1 is 1.33 bits per heavy atom. The normalized spacial score (nSPS) is 17.0. The first kappa shape index (κ1) is 6.17. The van der Waals surface area contributed by atoms with Gasteiger partial charge in [0.25, 0.3) is 0 Å². The molecule has 3 nitrogen and oxygen atoms in total. The van der Waals surface area contributed by atoms with Gasteiger partial charge in [0, 0.05) is 12.1 Å². The minimum absolute atomic E-state index is 0.678. The summed E-state index contributed by atoms with van der Waals surface area (Å²) in [7, 11) is 0. The zero-order chi connectivity index (χ0) is 7.97. The quantitative estimate of drug-likeness (QED) is 0.689. The molecule has 1 N–H and O–H groups in total. The third-order valence-electron chi connectivity index (χ3n) is 2.33. The van der Waals surface area contributed by atoms with Crippen molar-refractivity contribution in [3.63, 3.8) is 0 Å². The molecule has 0 unspecified atom stereocenters. The summed E-state index contributed by atoms with van der Waals surface area (Å²) in [6.07, 6.45) is 6.14. The van der Waals surface area contributed by atoms with Crippen LogP contribution in [0.3, 0.4) is 0 Å². The number of rotatable bonds is 1. The van der Waals surface area contributed by atoms with E-state index in [9.17, 15) is 0 Å². The predicted octanol–water partition coefficient (Wildman–Crippen LogP) is 1.84. The molecule has 12 heavy (non-hydrogen) atoms. The number of aromatic amines is 1. The van der Waals surface area contributed by atoms with Crippen molar-refractivity contribution < 1.29 is 0 Å². The van der Waals surface area contributed by atoms with Crippen LogP contribution in [0.4, 0.5) is 0 Å². The van der Waals surface area contributed by atoms with Crippen LogP contribution in [0.15, 0.2) is 18.6 Å². The van der Waals surface area contributed by atoms with Crippen molar-refractivity contribution in [3.05, 3.63) is 24.3 Å². The molecule has 0 spiro atoms. The fraction of sp³-hybridized carbons (Fsp3) is 0.333. The monoisotopic (exact) mass is 159 g/mol. The van der Waals surface area contributed by atoms with Crippen LogP contribution >= 0.6 is 0 Å². The molecule has 2 aromatic rings. The maximum absolute atomic E-state index is 4.36. The average molecular weight is 159 g/mol. The lowest BCUT2D eigenvalue weighted by molar-refractivity contribution is 1.04. The largest absolute Gasteiger partial charge is 0.344 e. The zero-order valence-corrected chi connectivity index (χ0v) is 6.62. The molecule has 3 rings (SSSR count). The smallest absolute Gasteiger partial charge is 0.110 e. The number of fused-ring (bicyclic) bond motifs is 1. The van der Waals surface area contributed by atoms with E-state index in [4.69, 9.17) is 0 Å². The van der Waals surface area contributed by atoms with Gasteiger partial charge in [-0.2, -0.15) is 0 Å². The van der Waals surface area contributed by atoms with Crippen molar-refractivity contribution in [1.29, 1.82) is 0 Å². The Labute approximate surface area is 69.9 Å². The van der Waals surface area contributed by atoms with E-state index in [2.05, 4.69) is 15.0 Å². The minimum atomic E-state index is 0.678. The van der Waals surface area contributed by atoms with E-state index in [1.807, 2.05) is 12.3 Å². The highest BCUT2D eigenvalue weighted by atomic mass is 14.9. The van der Waals surface area contributed by atoms with Gasteiger partial charge in [0.1, 0.15) is 5.52 Å². The van der Waals surface area contributed by atoms with Crippen molar-refractivity contribution in [2.45, 2.75) is 18.8 Å². The number of H-pyrrole nitrogens is 1. The van der Waals surface area contributed by atoms with Crippen LogP contribution in [-0.4, -0.2) is 15.0 Å². The van der Waals surface area contributed by atoms with E-state index in [0.29, 0.717) is 5.92 Å². The van der Waals surface area contributed by atoms with Gasteiger partial charge in [-0.25, -0.2) is 4.98 Å². The maximum atomic E-state index is 4.36. The molecule has 1 aliphatic carbocycles. The van der Waals surface area contributed by atoms with E-state index in [1.165, 1.54) is 18.5 Å². The van der Waals surface area contributed by atoms with Gasteiger partial charge in [0.2, 0.25) is 0 Å². The summed E-state index contributed by atoms with van der Waals surface area (Å²) in [6.45, 7) is 0. The highest BCUT2D eigenvalue weighted by Gasteiger charge is 2.27. The Balaban J connectivity index is 2.32. The lowest BCUT2D eigenvalue weighted by Gasteiger charge is -1.96. The molecule has 2 heterocycles. The molecule has 0 aliphatic heterocycles. The summed E-state index contributed by atoms with van der Waals surface area (Å²) >= 11 is 0. The Morgan fingerprint density at radius 2 is 2.25 bits per heavy atom. The first-order valence-electron chi connectivity index (χ1n) is 4.23. The Bertz CT molecular complexity index is 414. The lowest BCUT2D eigenvalue weighted by atomic mass is 10.2. The third kappa shape index (κ3) is 0.763. The van der Waals surface area contributed by atoms with E-state index in [1.54, 1.807) is 6.33 Å². The topological polar surface area (TPSA) is 41.6 Å². The van der Waals surface area contributed by atoms with Gasteiger partial charge in [-0.3, -0.25) is 4.98 Å². The highest BCUT2D eigenvalue weighted by Crippen LogP contribution is 2.40. The molecule has 1 saturated carbocycles. The van der Waals surface area contributed by atoms with E-state index in [-0.39, 0.29) is 0 Å². The number of hydrogen-bond acceptors (Lipinski definition) is 2. The van der Waals surface area contributed by atoms with Gasteiger partial charge < -0.3 is 4.98 Å². The fourth-order valence-corrected chi connectivity index (χ4v) is 1.54. The summed E-state index contributed by atoms with van der Waals surface area (Å²) in [5.74, 6) is 0.678. The second kappa shape index (κ2) is 2.06. The molecule has 0 saturated heterocycles. The lowest BCUT2D eigenvalue weighted by Crippen LogP contribution is -1.86. The second-order valence-corrected chi connectivity index (χ2v) is 3.27. The number of aromatic nitrogens is 3. The van der Waals surface area contributed by atoms with Crippen LogP contribution in [0.2, 0.25) is 0 Å². The van der Waals surface area contributed by atoms with Gasteiger partial charge in [-0.15, -0.1) is 0 Å². The molecule has 1 aliphatic rings. The van der Waals surface area contributed by atoms with E-state index < -0.39 is 0 Å². The number of imidazole rings is 1. The van der Waals surface area contributed by atoms with Gasteiger partial charge in [0.15, 0.2) is 0 Å². The van der Waals surface area contributed by atoms with Crippen LogP contribution in [0, 0.1) is 0 Å². The van der Waals surface area contributed by atoms with Crippen LogP contribution in [0.25, 0.3) is 11.0 Å². The van der Waals surface area contributed by atoms with Crippen molar-refractivity contribution >= 4 is 11.0 Å².